The van der Waals surface area contributed by atoms with Crippen molar-refractivity contribution >= 4 is 33.0 Å². The average Bonchev–Trinajstić information content (AvgIpc) is 2.88. The number of pyridine rings is 1. The summed E-state index contributed by atoms with van der Waals surface area (Å²) in [5, 5.41) is 13.8. The highest BCUT2D eigenvalue weighted by Gasteiger charge is 2.15. The van der Waals surface area contributed by atoms with Crippen molar-refractivity contribution < 1.29 is 5.11 Å². The standard InChI is InChI=1S/C15H11N3O2/c1-16-10-3-4-11-14-13(10)15(20)9-6-8(19)2-5-12(9)18(14)7-17-11/h2-7,16,19H,1H3. The predicted molar refractivity (Wildman–Crippen MR) is 78.9 cm³/mol. The summed E-state index contributed by atoms with van der Waals surface area (Å²) >= 11 is 0. The molecule has 2 aromatic heterocycles. The number of aromatic nitrogens is 2. The molecular formula is C15H11N3O2. The molecule has 20 heavy (non-hydrogen) atoms. The molecule has 4 rings (SSSR count). The quantitative estimate of drug-likeness (QED) is 0.518. The molecule has 0 bridgehead atoms. The Morgan fingerprint density at radius 1 is 1.25 bits per heavy atom. The highest BCUT2D eigenvalue weighted by molar-refractivity contribution is 6.07. The molecular weight excluding hydrogens is 254 g/mol. The third kappa shape index (κ3) is 1.21. The Morgan fingerprint density at radius 3 is 2.90 bits per heavy atom. The Bertz CT molecular complexity index is 1020. The first-order valence-corrected chi connectivity index (χ1v) is 6.26. The van der Waals surface area contributed by atoms with Crippen LogP contribution >= 0.6 is 0 Å². The molecule has 5 heteroatoms. The van der Waals surface area contributed by atoms with Gasteiger partial charge >= 0.3 is 0 Å². The predicted octanol–water partition coefficient (Wildman–Crippen LogP) is 2.19. The Kier molecular flexibility index (Phi) is 1.99. The molecule has 0 saturated carbocycles. The van der Waals surface area contributed by atoms with Crippen molar-refractivity contribution in [3.05, 3.63) is 46.9 Å². The first kappa shape index (κ1) is 11.0. The minimum atomic E-state index is -0.0983. The minimum Gasteiger partial charge on any atom is -0.508 e. The SMILES string of the molecule is CNc1ccc2ncn3c4ccc(O)cc4c(=O)c1c23. The highest BCUT2D eigenvalue weighted by atomic mass is 16.3. The average molecular weight is 265 g/mol. The highest BCUT2D eigenvalue weighted by Crippen LogP contribution is 2.29. The first-order chi connectivity index (χ1) is 9.70. The second-order valence-electron chi connectivity index (χ2n) is 4.75. The molecule has 2 N–H and O–H groups in total. The van der Waals surface area contributed by atoms with Crippen LogP contribution in [0.3, 0.4) is 0 Å². The van der Waals surface area contributed by atoms with Gasteiger partial charge in [0, 0.05) is 12.7 Å². The molecule has 0 aliphatic carbocycles. The molecule has 0 aliphatic rings. The number of phenols is 1. The van der Waals surface area contributed by atoms with Gasteiger partial charge in [-0.25, -0.2) is 4.98 Å². The second kappa shape index (κ2) is 3.60. The number of imidazole rings is 1. The summed E-state index contributed by atoms with van der Waals surface area (Å²) < 4.78 is 1.89. The van der Waals surface area contributed by atoms with Gasteiger partial charge < -0.3 is 10.4 Å². The van der Waals surface area contributed by atoms with Gasteiger partial charge in [-0.05, 0) is 30.3 Å². The molecule has 0 spiro atoms. The van der Waals surface area contributed by atoms with Crippen molar-refractivity contribution in [2.45, 2.75) is 0 Å². The fourth-order valence-electron chi connectivity index (χ4n) is 2.78. The van der Waals surface area contributed by atoms with Gasteiger partial charge in [-0.3, -0.25) is 9.20 Å². The molecule has 0 unspecified atom stereocenters. The van der Waals surface area contributed by atoms with Gasteiger partial charge in [0.2, 0.25) is 0 Å². The lowest BCUT2D eigenvalue weighted by Gasteiger charge is -2.09. The van der Waals surface area contributed by atoms with E-state index in [9.17, 15) is 9.90 Å². The van der Waals surface area contributed by atoms with Crippen molar-refractivity contribution in [1.82, 2.24) is 9.38 Å². The van der Waals surface area contributed by atoms with Crippen LogP contribution in [0, 0.1) is 0 Å². The number of nitrogens with zero attached hydrogens (tertiary/aromatic N) is 2. The Morgan fingerprint density at radius 2 is 2.10 bits per heavy atom. The number of hydrogen-bond acceptors (Lipinski definition) is 4. The normalized spacial score (nSPS) is 11.7. The minimum absolute atomic E-state index is 0.0823. The van der Waals surface area contributed by atoms with E-state index in [1.807, 2.05) is 16.5 Å². The second-order valence-corrected chi connectivity index (χ2v) is 4.75. The van der Waals surface area contributed by atoms with E-state index in [0.29, 0.717) is 10.8 Å². The van der Waals surface area contributed by atoms with E-state index in [0.717, 1.165) is 22.2 Å². The van der Waals surface area contributed by atoms with E-state index in [-0.39, 0.29) is 11.2 Å². The van der Waals surface area contributed by atoms with Crippen LogP contribution in [0.4, 0.5) is 5.69 Å². The maximum Gasteiger partial charge on any atom is 0.199 e. The number of fused-ring (bicyclic) bond motifs is 2. The zero-order valence-corrected chi connectivity index (χ0v) is 10.7. The van der Waals surface area contributed by atoms with Crippen LogP contribution in [0.1, 0.15) is 0 Å². The molecule has 98 valence electrons. The number of nitrogens with one attached hydrogen (secondary N) is 1. The van der Waals surface area contributed by atoms with E-state index in [1.54, 1.807) is 25.5 Å². The van der Waals surface area contributed by atoms with Crippen molar-refractivity contribution in [1.29, 1.82) is 0 Å². The molecule has 2 aromatic carbocycles. The van der Waals surface area contributed by atoms with Gasteiger partial charge in [0.15, 0.2) is 5.43 Å². The maximum absolute atomic E-state index is 12.7. The summed E-state index contributed by atoms with van der Waals surface area (Å²) in [4.78, 5) is 17.1. The van der Waals surface area contributed by atoms with Crippen molar-refractivity contribution in [3.63, 3.8) is 0 Å². The van der Waals surface area contributed by atoms with Crippen molar-refractivity contribution in [2.75, 3.05) is 12.4 Å². The molecule has 0 aliphatic heterocycles. The first-order valence-electron chi connectivity index (χ1n) is 6.26. The number of rotatable bonds is 1. The summed E-state index contributed by atoms with van der Waals surface area (Å²) in [6, 6.07) is 8.54. The topological polar surface area (TPSA) is 66.6 Å². The van der Waals surface area contributed by atoms with Gasteiger partial charge in [0.05, 0.1) is 27.3 Å². The van der Waals surface area contributed by atoms with E-state index < -0.39 is 0 Å². The molecule has 0 radical (unpaired) electrons. The number of benzene rings is 2. The van der Waals surface area contributed by atoms with Gasteiger partial charge in [-0.1, -0.05) is 0 Å². The lowest BCUT2D eigenvalue weighted by atomic mass is 10.1. The third-order valence-electron chi connectivity index (χ3n) is 3.69. The Hall–Kier alpha value is -2.82. The van der Waals surface area contributed by atoms with Crippen molar-refractivity contribution in [3.8, 4) is 5.75 Å². The fraction of sp³-hybridized carbons (Fsp3) is 0.0667. The third-order valence-corrected chi connectivity index (χ3v) is 3.69. The van der Waals surface area contributed by atoms with Crippen LogP contribution in [-0.4, -0.2) is 21.5 Å². The zero-order valence-electron chi connectivity index (χ0n) is 10.7. The van der Waals surface area contributed by atoms with Crippen LogP contribution in [0.2, 0.25) is 0 Å². The Labute approximate surface area is 113 Å². The number of aromatic hydroxyl groups is 1. The number of phenolic OH excluding ortho intramolecular Hbond substituents is 1. The summed E-state index contributed by atoms with van der Waals surface area (Å²) in [5.41, 5.74) is 3.00. The fourth-order valence-corrected chi connectivity index (χ4v) is 2.78. The zero-order chi connectivity index (χ0) is 13.9. The van der Waals surface area contributed by atoms with Crippen molar-refractivity contribution in [2.24, 2.45) is 0 Å². The van der Waals surface area contributed by atoms with Crippen LogP contribution in [0.25, 0.3) is 27.3 Å². The maximum atomic E-state index is 12.7. The lowest BCUT2D eigenvalue weighted by Crippen LogP contribution is -2.08. The lowest BCUT2D eigenvalue weighted by molar-refractivity contribution is 0.476. The molecule has 0 amide bonds. The molecule has 0 fully saturated rings. The summed E-state index contributed by atoms with van der Waals surface area (Å²) in [6.07, 6.45) is 1.70. The molecule has 0 atom stereocenters. The summed E-state index contributed by atoms with van der Waals surface area (Å²) in [5.74, 6) is 0.0823. The van der Waals surface area contributed by atoms with Gasteiger partial charge in [0.25, 0.3) is 0 Å². The van der Waals surface area contributed by atoms with Gasteiger partial charge in [-0.2, -0.15) is 0 Å². The monoisotopic (exact) mass is 265 g/mol. The van der Waals surface area contributed by atoms with E-state index in [2.05, 4.69) is 10.3 Å². The van der Waals surface area contributed by atoms with Crippen LogP contribution in [-0.2, 0) is 0 Å². The smallest absolute Gasteiger partial charge is 0.199 e. The summed E-state index contributed by atoms with van der Waals surface area (Å²) in [7, 11) is 1.78. The Balaban J connectivity index is 2.43. The van der Waals surface area contributed by atoms with E-state index in [1.165, 1.54) is 6.07 Å². The van der Waals surface area contributed by atoms with Gasteiger partial charge in [-0.15, -0.1) is 0 Å². The number of hydrogen-bond donors (Lipinski definition) is 2. The molecule has 5 nitrogen and oxygen atoms in total. The van der Waals surface area contributed by atoms with Gasteiger partial charge in [0.1, 0.15) is 12.1 Å². The van der Waals surface area contributed by atoms with E-state index >= 15 is 0 Å². The number of anilines is 1. The van der Waals surface area contributed by atoms with Crippen LogP contribution in [0.5, 0.6) is 5.75 Å². The largest absolute Gasteiger partial charge is 0.508 e. The molecule has 2 heterocycles. The summed E-state index contributed by atoms with van der Waals surface area (Å²) in [6.45, 7) is 0. The van der Waals surface area contributed by atoms with E-state index in [4.69, 9.17) is 0 Å². The van der Waals surface area contributed by atoms with Crippen LogP contribution in [0.15, 0.2) is 41.5 Å². The molecule has 0 saturated heterocycles. The van der Waals surface area contributed by atoms with Crippen LogP contribution < -0.4 is 10.7 Å². The molecule has 4 aromatic rings.